The number of fused-ring (bicyclic) bond motifs is 5. The van der Waals surface area contributed by atoms with Crippen LogP contribution in [0.1, 0.15) is 98.8 Å². The lowest BCUT2D eigenvalue weighted by atomic mass is 9.47. The molecule has 158 valence electrons. The minimum atomic E-state index is -0.0422. The quantitative estimate of drug-likeness (QED) is 0.504. The third kappa shape index (κ3) is 3.34. The molecule has 1 N–H and O–H groups in total. The summed E-state index contributed by atoms with van der Waals surface area (Å²) in [6.07, 6.45) is 17.9. The number of rotatable bonds is 4. The lowest BCUT2D eigenvalue weighted by Gasteiger charge is -2.57. The number of allylic oxidation sites excluding steroid dienone is 4. The number of aliphatic hydroxyl groups is 1. The van der Waals surface area contributed by atoms with Crippen LogP contribution in [0.5, 0.6) is 0 Å². The van der Waals surface area contributed by atoms with E-state index in [1.165, 1.54) is 56.9 Å². The second-order valence-corrected chi connectivity index (χ2v) is 11.7. The Kier molecular flexibility index (Phi) is 5.62. The smallest absolute Gasteiger partial charge is 0.0543 e. The van der Waals surface area contributed by atoms with Gasteiger partial charge in [0, 0.05) is 0 Å². The second-order valence-electron chi connectivity index (χ2n) is 11.7. The Morgan fingerprint density at radius 3 is 2.57 bits per heavy atom. The highest BCUT2D eigenvalue weighted by Gasteiger charge is 2.58. The van der Waals surface area contributed by atoms with Crippen LogP contribution >= 0.6 is 0 Å². The molecule has 4 aliphatic carbocycles. The fourth-order valence-corrected chi connectivity index (χ4v) is 8.30. The van der Waals surface area contributed by atoms with Crippen molar-refractivity contribution < 1.29 is 5.11 Å². The largest absolute Gasteiger partial charge is 0.393 e. The SMILES string of the molecule is CC(C)=CCC[C@@H](C)[C@H]1CCC2C3=CC[C@H]4C[C@@H](O)CC[C@]4(C)C3CC[C@@]21C. The van der Waals surface area contributed by atoms with Gasteiger partial charge in [0.25, 0.3) is 0 Å². The Morgan fingerprint density at radius 2 is 1.82 bits per heavy atom. The molecule has 3 saturated carbocycles. The molecule has 0 radical (unpaired) electrons. The molecule has 4 rings (SSSR count). The maximum atomic E-state index is 10.2. The summed E-state index contributed by atoms with van der Waals surface area (Å²) in [4.78, 5) is 0. The molecule has 0 aromatic heterocycles. The van der Waals surface area contributed by atoms with E-state index >= 15 is 0 Å². The average Bonchev–Trinajstić information content (AvgIpc) is 2.99. The zero-order valence-corrected chi connectivity index (χ0v) is 19.1. The Morgan fingerprint density at radius 1 is 1.11 bits per heavy atom. The summed E-state index contributed by atoms with van der Waals surface area (Å²) >= 11 is 0. The van der Waals surface area contributed by atoms with E-state index in [1.54, 1.807) is 0 Å². The second kappa shape index (κ2) is 7.60. The van der Waals surface area contributed by atoms with Gasteiger partial charge in [-0.2, -0.15) is 0 Å². The molecule has 2 unspecified atom stereocenters. The summed E-state index contributed by atoms with van der Waals surface area (Å²) < 4.78 is 0. The third-order valence-corrected chi connectivity index (χ3v) is 9.99. The molecule has 0 amide bonds. The monoisotopic (exact) mass is 384 g/mol. The van der Waals surface area contributed by atoms with Crippen LogP contribution in [0.2, 0.25) is 0 Å². The number of hydrogen-bond donors (Lipinski definition) is 1. The van der Waals surface area contributed by atoms with Crippen LogP contribution in [0.25, 0.3) is 0 Å². The first kappa shape index (κ1) is 20.7. The van der Waals surface area contributed by atoms with E-state index in [0.29, 0.717) is 10.8 Å². The summed E-state index contributed by atoms with van der Waals surface area (Å²) in [5, 5.41) is 10.2. The fraction of sp³-hybridized carbons (Fsp3) is 0.852. The summed E-state index contributed by atoms with van der Waals surface area (Å²) in [5.74, 6) is 4.11. The lowest BCUT2D eigenvalue weighted by Crippen LogP contribution is -2.49. The standard InChI is InChI=1S/C27H44O/c1-18(2)7-6-8-19(3)23-11-12-24-22-10-9-20-17-21(28)13-15-26(20,4)25(22)14-16-27(23,24)5/h7,10,19-21,23-25,28H,6,8-9,11-17H2,1-5H3/t19-,20+,21+,23-,24?,25?,26+,27-/m1/s1. The maximum absolute atomic E-state index is 10.2. The van der Waals surface area contributed by atoms with Gasteiger partial charge in [-0.05, 0) is 118 Å². The van der Waals surface area contributed by atoms with Crippen LogP contribution < -0.4 is 0 Å². The number of hydrogen-bond acceptors (Lipinski definition) is 1. The molecule has 3 fully saturated rings. The molecule has 0 aliphatic heterocycles. The Bertz CT molecular complexity index is 641. The van der Waals surface area contributed by atoms with Crippen molar-refractivity contribution in [3.63, 3.8) is 0 Å². The first-order chi connectivity index (χ1) is 13.3. The van der Waals surface area contributed by atoms with E-state index in [-0.39, 0.29) is 6.10 Å². The molecule has 1 nitrogen and oxygen atoms in total. The maximum Gasteiger partial charge on any atom is 0.0543 e. The van der Waals surface area contributed by atoms with E-state index in [4.69, 9.17) is 0 Å². The highest BCUT2D eigenvalue weighted by molar-refractivity contribution is 5.27. The van der Waals surface area contributed by atoms with Crippen molar-refractivity contribution in [2.45, 2.75) is 105 Å². The van der Waals surface area contributed by atoms with Crippen molar-refractivity contribution >= 4 is 0 Å². The predicted octanol–water partition coefficient (Wildman–Crippen LogP) is 7.31. The Hall–Kier alpha value is -0.560. The van der Waals surface area contributed by atoms with Crippen LogP contribution in [-0.4, -0.2) is 11.2 Å². The molecule has 0 heterocycles. The predicted molar refractivity (Wildman–Crippen MR) is 119 cm³/mol. The van der Waals surface area contributed by atoms with Crippen LogP contribution in [-0.2, 0) is 0 Å². The van der Waals surface area contributed by atoms with E-state index in [9.17, 15) is 5.11 Å². The van der Waals surface area contributed by atoms with Crippen molar-refractivity contribution in [3.8, 4) is 0 Å². The van der Waals surface area contributed by atoms with Gasteiger partial charge < -0.3 is 5.11 Å². The minimum absolute atomic E-state index is 0.0422. The fourth-order valence-electron chi connectivity index (χ4n) is 8.30. The molecule has 1 heteroatoms. The summed E-state index contributed by atoms with van der Waals surface area (Å²) in [5.41, 5.74) is 4.32. The number of aliphatic hydroxyl groups excluding tert-OH is 1. The third-order valence-electron chi connectivity index (χ3n) is 9.99. The Labute approximate surface area is 174 Å². The van der Waals surface area contributed by atoms with E-state index < -0.39 is 0 Å². The molecule has 4 aliphatic rings. The van der Waals surface area contributed by atoms with E-state index in [0.717, 1.165) is 42.4 Å². The highest BCUT2D eigenvalue weighted by atomic mass is 16.3. The molecular formula is C27H44O. The highest BCUT2D eigenvalue weighted by Crippen LogP contribution is 2.66. The van der Waals surface area contributed by atoms with Gasteiger partial charge in [-0.15, -0.1) is 0 Å². The summed E-state index contributed by atoms with van der Waals surface area (Å²) in [6, 6.07) is 0. The van der Waals surface area contributed by atoms with E-state index in [1.807, 2.05) is 5.57 Å². The van der Waals surface area contributed by atoms with Crippen molar-refractivity contribution in [1.29, 1.82) is 0 Å². The van der Waals surface area contributed by atoms with Crippen molar-refractivity contribution in [1.82, 2.24) is 0 Å². The van der Waals surface area contributed by atoms with Gasteiger partial charge in [-0.25, -0.2) is 0 Å². The topological polar surface area (TPSA) is 20.2 Å². The van der Waals surface area contributed by atoms with Crippen LogP contribution in [0, 0.1) is 40.4 Å². The van der Waals surface area contributed by atoms with Gasteiger partial charge in [0.1, 0.15) is 0 Å². The lowest BCUT2D eigenvalue weighted by molar-refractivity contribution is -0.0426. The molecule has 0 bridgehead atoms. The molecule has 0 spiro atoms. The molecule has 0 aromatic rings. The van der Waals surface area contributed by atoms with Gasteiger partial charge >= 0.3 is 0 Å². The zero-order valence-electron chi connectivity index (χ0n) is 19.1. The Balaban J connectivity index is 1.52. The first-order valence-electron chi connectivity index (χ1n) is 12.3. The van der Waals surface area contributed by atoms with Gasteiger partial charge in [0.15, 0.2) is 0 Å². The van der Waals surface area contributed by atoms with Crippen LogP contribution in [0.4, 0.5) is 0 Å². The van der Waals surface area contributed by atoms with Gasteiger partial charge in [-0.3, -0.25) is 0 Å². The van der Waals surface area contributed by atoms with Crippen molar-refractivity contribution in [2.75, 3.05) is 0 Å². The molecule has 8 atom stereocenters. The van der Waals surface area contributed by atoms with Gasteiger partial charge in [0.2, 0.25) is 0 Å². The molecule has 0 aromatic carbocycles. The van der Waals surface area contributed by atoms with Gasteiger partial charge in [-0.1, -0.05) is 44.1 Å². The van der Waals surface area contributed by atoms with Crippen LogP contribution in [0.3, 0.4) is 0 Å². The normalized spacial score (nSPS) is 46.1. The van der Waals surface area contributed by atoms with Gasteiger partial charge in [0.05, 0.1) is 6.10 Å². The minimum Gasteiger partial charge on any atom is -0.393 e. The molecule has 28 heavy (non-hydrogen) atoms. The molecular weight excluding hydrogens is 340 g/mol. The van der Waals surface area contributed by atoms with Crippen LogP contribution in [0.15, 0.2) is 23.3 Å². The summed E-state index contributed by atoms with van der Waals surface area (Å²) in [7, 11) is 0. The average molecular weight is 385 g/mol. The molecule has 0 saturated heterocycles. The zero-order chi connectivity index (χ0) is 20.1. The first-order valence-corrected chi connectivity index (χ1v) is 12.3. The summed E-state index contributed by atoms with van der Waals surface area (Å²) in [6.45, 7) is 12.2. The van der Waals surface area contributed by atoms with Crippen molar-refractivity contribution in [2.24, 2.45) is 40.4 Å². The van der Waals surface area contributed by atoms with E-state index in [2.05, 4.69) is 46.8 Å². The van der Waals surface area contributed by atoms with Crippen molar-refractivity contribution in [3.05, 3.63) is 23.3 Å².